The zero-order chi connectivity index (χ0) is 10.8. The summed E-state index contributed by atoms with van der Waals surface area (Å²) in [7, 11) is 6.71. The molecule has 2 aromatic carbocycles. The maximum Gasteiger partial charge on any atom is -0.0123 e. The summed E-state index contributed by atoms with van der Waals surface area (Å²) in [5.74, 6) is 0. The van der Waals surface area contributed by atoms with E-state index in [2.05, 4.69) is 61.2 Å². The van der Waals surface area contributed by atoms with Gasteiger partial charge in [0.25, 0.3) is 0 Å². The van der Waals surface area contributed by atoms with Gasteiger partial charge in [0.2, 0.25) is 0 Å². The molecule has 0 spiro atoms. The Balaban J connectivity index is 2.61. The second-order valence-electron chi connectivity index (χ2n) is 3.48. The van der Waals surface area contributed by atoms with Gasteiger partial charge in [0.05, 0.1) is 0 Å². The lowest BCUT2D eigenvalue weighted by Crippen LogP contribution is -2.00. The molecule has 4 atom stereocenters. The predicted octanol–water partition coefficient (Wildman–Crippen LogP) is 4.43. The molecule has 0 aliphatic rings. The highest BCUT2D eigenvalue weighted by Gasteiger charge is 2.07. The Labute approximate surface area is 98.2 Å². The lowest BCUT2D eigenvalue weighted by atomic mass is 10.1. The predicted molar refractivity (Wildman–Crippen MR) is 83.0 cm³/mol. The Kier molecular flexibility index (Phi) is 4.10. The highest BCUT2D eigenvalue weighted by Crippen LogP contribution is 2.65. The van der Waals surface area contributed by atoms with Crippen LogP contribution < -0.4 is 5.30 Å². The van der Waals surface area contributed by atoms with Crippen LogP contribution in [0.5, 0.6) is 0 Å². The van der Waals surface area contributed by atoms with Crippen LogP contribution in [-0.4, -0.2) is 0 Å². The molecule has 0 aromatic heterocycles. The van der Waals surface area contributed by atoms with Crippen molar-refractivity contribution in [2.24, 2.45) is 0 Å². The van der Waals surface area contributed by atoms with Gasteiger partial charge in [-0.25, -0.2) is 0 Å². The Hall–Kier alpha value is 0.420. The van der Waals surface area contributed by atoms with Crippen LogP contribution in [0.2, 0.25) is 0 Å². The van der Waals surface area contributed by atoms with Gasteiger partial charge in [0.1, 0.15) is 0 Å². The van der Waals surface area contributed by atoms with Gasteiger partial charge < -0.3 is 0 Å². The molecule has 0 heterocycles. The number of rotatable bonds is 2. The normalized spacial score (nSPS) is 13.8. The van der Waals surface area contributed by atoms with Gasteiger partial charge in [-0.3, -0.25) is 0 Å². The van der Waals surface area contributed by atoms with Crippen LogP contribution in [0.1, 0.15) is 5.56 Å². The molecule has 0 fully saturated rings. The van der Waals surface area contributed by atoms with Crippen LogP contribution in [0.3, 0.4) is 0 Å². The molecule has 2 rings (SSSR count). The van der Waals surface area contributed by atoms with Gasteiger partial charge in [-0.15, -0.1) is 17.9 Å². The zero-order valence-electron chi connectivity index (χ0n) is 8.57. The van der Waals surface area contributed by atoms with Gasteiger partial charge in [-0.1, -0.05) is 38.3 Å². The fourth-order valence-electron chi connectivity index (χ4n) is 1.67. The number of benzene rings is 2. The van der Waals surface area contributed by atoms with Crippen LogP contribution in [0.25, 0.3) is 10.8 Å². The summed E-state index contributed by atoms with van der Waals surface area (Å²) in [6.45, 7) is 2.21. The fourth-order valence-corrected chi connectivity index (χ4v) is 5.76. The van der Waals surface area contributed by atoms with E-state index in [1.807, 2.05) is 0 Å². The topological polar surface area (TPSA) is 0 Å². The highest BCUT2D eigenvalue weighted by atomic mass is 32.6. The van der Waals surface area contributed by atoms with Crippen LogP contribution in [-0.2, 0) is 0 Å². The van der Waals surface area contributed by atoms with Gasteiger partial charge in [-0.05, 0) is 41.9 Å². The van der Waals surface area contributed by atoms with Crippen molar-refractivity contribution < 1.29 is 0 Å². The van der Waals surface area contributed by atoms with E-state index in [1.54, 1.807) is 0 Å². The highest BCUT2D eigenvalue weighted by molar-refractivity contribution is 8.63. The molecule has 4 heteroatoms. The number of hydrogen-bond donors (Lipinski definition) is 0. The molecule has 0 radical (unpaired) electrons. The largest absolute Gasteiger partial charge is 0.109 e. The minimum atomic E-state index is -0.0601. The summed E-state index contributed by atoms with van der Waals surface area (Å²) in [6, 6.07) is 13.2. The van der Waals surface area contributed by atoms with Crippen LogP contribution >= 0.6 is 33.1 Å². The van der Waals surface area contributed by atoms with Crippen molar-refractivity contribution in [3.63, 3.8) is 0 Å². The van der Waals surface area contributed by atoms with E-state index in [4.69, 9.17) is 0 Å². The average Bonchev–Trinajstić information content (AvgIpc) is 2.27. The number of hydrogen-bond acceptors (Lipinski definition) is 0. The summed E-state index contributed by atoms with van der Waals surface area (Å²) < 4.78 is 0. The van der Waals surface area contributed by atoms with Crippen molar-refractivity contribution in [1.82, 2.24) is 0 Å². The molecule has 78 valence electrons. The quantitative estimate of drug-likeness (QED) is 0.708. The van der Waals surface area contributed by atoms with E-state index in [-0.39, 0.29) is 7.30 Å². The van der Waals surface area contributed by atoms with Crippen molar-refractivity contribution >= 4 is 49.2 Å². The van der Waals surface area contributed by atoms with E-state index >= 15 is 0 Å². The first-order valence-electron chi connectivity index (χ1n) is 4.73. The third-order valence-corrected chi connectivity index (χ3v) is 12.7. The maximum atomic E-state index is 2.99. The minimum Gasteiger partial charge on any atom is -0.109 e. The van der Waals surface area contributed by atoms with E-state index in [9.17, 15) is 0 Å². The Morgan fingerprint density at radius 1 is 1.13 bits per heavy atom. The monoisotopic (exact) mass is 270 g/mol. The minimum absolute atomic E-state index is 0.0601. The van der Waals surface area contributed by atoms with Gasteiger partial charge in [-0.2, -0.15) is 0 Å². The Bertz CT molecular complexity index is 481. The molecule has 4 unspecified atom stereocenters. The number of fused-ring (bicyclic) bond motifs is 1. The van der Waals surface area contributed by atoms with Gasteiger partial charge in [0.15, 0.2) is 0 Å². The van der Waals surface area contributed by atoms with Crippen molar-refractivity contribution in [1.29, 1.82) is 0 Å². The van der Waals surface area contributed by atoms with Crippen LogP contribution in [0, 0.1) is 6.92 Å². The van der Waals surface area contributed by atoms with Gasteiger partial charge >= 0.3 is 0 Å². The van der Waals surface area contributed by atoms with Crippen molar-refractivity contribution in [3.8, 4) is 0 Å². The summed E-state index contributed by atoms with van der Waals surface area (Å²) in [6.07, 6.45) is 0. The van der Waals surface area contributed by atoms with Crippen LogP contribution in [0.4, 0.5) is 0 Å². The van der Waals surface area contributed by atoms with E-state index in [1.165, 1.54) is 21.6 Å². The molecule has 0 aliphatic heterocycles. The molecule has 15 heavy (non-hydrogen) atoms. The van der Waals surface area contributed by atoms with Crippen molar-refractivity contribution in [2.45, 2.75) is 6.92 Å². The summed E-state index contributed by atoms with van der Waals surface area (Å²) in [5.41, 5.74) is 1.42. The van der Waals surface area contributed by atoms with Crippen LogP contribution in [0.15, 0.2) is 36.4 Å². The first kappa shape index (κ1) is 11.9. The summed E-state index contributed by atoms with van der Waals surface area (Å²) in [4.78, 5) is 0. The molecule has 0 nitrogen and oxygen atoms in total. The smallest absolute Gasteiger partial charge is 0.0123 e. The third kappa shape index (κ3) is 2.57. The Morgan fingerprint density at radius 2 is 1.73 bits per heavy atom. The Morgan fingerprint density at radius 3 is 2.33 bits per heavy atom. The average molecular weight is 270 g/mol. The maximum absolute atomic E-state index is 2.99. The molecule has 0 amide bonds. The lowest BCUT2D eigenvalue weighted by Gasteiger charge is -2.13. The summed E-state index contributed by atoms with van der Waals surface area (Å²) >= 11 is 0. The molecule has 0 bridgehead atoms. The van der Waals surface area contributed by atoms with E-state index < -0.39 is 0 Å². The SMILES string of the molecule is Cc1cc2ccccc2cc1P(P)PP. The van der Waals surface area contributed by atoms with E-state index in [0.717, 1.165) is 7.96 Å². The molecular formula is C11H14P4. The third-order valence-electron chi connectivity index (χ3n) is 2.46. The van der Waals surface area contributed by atoms with E-state index in [0.29, 0.717) is 0 Å². The molecular weight excluding hydrogens is 256 g/mol. The lowest BCUT2D eigenvalue weighted by molar-refractivity contribution is 1.55. The molecule has 2 aromatic rings. The number of aryl methyl sites for hydroxylation is 1. The molecule has 0 saturated heterocycles. The standard InChI is InChI=1S/C11H14P4/c1-8-6-9-4-2-3-5-10(9)7-11(8)15(13)14-12/h2-7,14H,12-13H2,1H3. The molecule has 0 aliphatic carbocycles. The van der Waals surface area contributed by atoms with Crippen molar-refractivity contribution in [3.05, 3.63) is 42.0 Å². The molecule has 0 N–H and O–H groups in total. The molecule has 0 saturated carbocycles. The van der Waals surface area contributed by atoms with Crippen molar-refractivity contribution in [2.75, 3.05) is 0 Å². The fraction of sp³-hybridized carbons (Fsp3) is 0.0909. The first-order valence-corrected chi connectivity index (χ1v) is 11.3. The van der Waals surface area contributed by atoms with Gasteiger partial charge in [0, 0.05) is 0 Å². The summed E-state index contributed by atoms with van der Waals surface area (Å²) in [5, 5.41) is 4.22. The zero-order valence-corrected chi connectivity index (χ0v) is 12.8. The first-order chi connectivity index (χ1) is 7.22. The second-order valence-corrected chi connectivity index (χ2v) is 12.6. The second kappa shape index (κ2) is 5.17.